The smallest absolute Gasteiger partial charge is 0.250 e. The summed E-state index contributed by atoms with van der Waals surface area (Å²) in [5, 5.41) is 3.35. The molecule has 0 aliphatic carbocycles. The van der Waals surface area contributed by atoms with E-state index in [1.165, 1.54) is 0 Å². The maximum Gasteiger partial charge on any atom is 0.250 e. The van der Waals surface area contributed by atoms with E-state index in [0.29, 0.717) is 21.6 Å². The number of hydrogen-bond donors (Lipinski definition) is 1. The summed E-state index contributed by atoms with van der Waals surface area (Å²) in [7, 11) is 0. The fraction of sp³-hybridized carbons (Fsp3) is 0.429. The lowest BCUT2D eigenvalue weighted by molar-refractivity contribution is -0.133. The SMILES string of the molecule is CCCC1NC(=O)C(C)N(c2ccc(Cl)cc2Br)C1=O. The summed E-state index contributed by atoms with van der Waals surface area (Å²) in [4.78, 5) is 26.1. The summed E-state index contributed by atoms with van der Waals surface area (Å²) in [6.45, 7) is 3.70. The predicted octanol–water partition coefficient (Wildman–Crippen LogP) is 3.12. The van der Waals surface area contributed by atoms with Crippen LogP contribution in [0.4, 0.5) is 5.69 Å². The number of amides is 2. The summed E-state index contributed by atoms with van der Waals surface area (Å²) in [5.74, 6) is -0.216. The first-order chi connectivity index (χ1) is 9.45. The molecule has 1 aliphatic rings. The van der Waals surface area contributed by atoms with Crippen LogP contribution in [0.25, 0.3) is 0 Å². The first kappa shape index (κ1) is 15.3. The molecular weight excluding hydrogens is 344 g/mol. The monoisotopic (exact) mass is 358 g/mol. The third-order valence-corrected chi connectivity index (χ3v) is 4.24. The summed E-state index contributed by atoms with van der Waals surface area (Å²) in [6.07, 6.45) is 1.47. The first-order valence-corrected chi connectivity index (χ1v) is 7.71. The molecule has 1 aromatic carbocycles. The van der Waals surface area contributed by atoms with Gasteiger partial charge in [-0.05, 0) is 47.5 Å². The first-order valence-electron chi connectivity index (χ1n) is 6.54. The van der Waals surface area contributed by atoms with Crippen LogP contribution in [0, 0.1) is 0 Å². The van der Waals surface area contributed by atoms with E-state index in [0.717, 1.165) is 6.42 Å². The Hall–Kier alpha value is -1.07. The number of nitrogens with one attached hydrogen (secondary N) is 1. The highest BCUT2D eigenvalue weighted by molar-refractivity contribution is 9.10. The van der Waals surface area contributed by atoms with Crippen molar-refractivity contribution in [2.24, 2.45) is 0 Å². The summed E-state index contributed by atoms with van der Waals surface area (Å²) < 4.78 is 0.704. The lowest BCUT2D eigenvalue weighted by Crippen LogP contribution is -2.62. The van der Waals surface area contributed by atoms with Gasteiger partial charge in [-0.25, -0.2) is 0 Å². The van der Waals surface area contributed by atoms with Crippen molar-refractivity contribution < 1.29 is 9.59 Å². The molecule has 2 rings (SSSR count). The van der Waals surface area contributed by atoms with Crippen LogP contribution in [0.3, 0.4) is 0 Å². The molecule has 2 unspecified atom stereocenters. The molecule has 0 saturated carbocycles. The van der Waals surface area contributed by atoms with Gasteiger partial charge in [0, 0.05) is 9.50 Å². The quantitative estimate of drug-likeness (QED) is 0.901. The minimum absolute atomic E-state index is 0.0815. The van der Waals surface area contributed by atoms with Gasteiger partial charge in [0.2, 0.25) is 11.8 Å². The molecule has 1 N–H and O–H groups in total. The second-order valence-electron chi connectivity index (χ2n) is 4.83. The van der Waals surface area contributed by atoms with E-state index in [2.05, 4.69) is 21.2 Å². The van der Waals surface area contributed by atoms with E-state index in [-0.39, 0.29) is 11.8 Å². The Labute approximate surface area is 131 Å². The molecular formula is C14H16BrClN2O2. The highest BCUT2D eigenvalue weighted by Crippen LogP contribution is 2.32. The van der Waals surface area contributed by atoms with Crippen molar-refractivity contribution in [1.82, 2.24) is 5.32 Å². The van der Waals surface area contributed by atoms with Gasteiger partial charge in [-0.2, -0.15) is 0 Å². The topological polar surface area (TPSA) is 49.4 Å². The zero-order chi connectivity index (χ0) is 14.9. The highest BCUT2D eigenvalue weighted by Gasteiger charge is 2.39. The fourth-order valence-corrected chi connectivity index (χ4v) is 3.19. The van der Waals surface area contributed by atoms with Gasteiger partial charge in [0.25, 0.3) is 0 Å². The van der Waals surface area contributed by atoms with Crippen LogP contribution in [0.2, 0.25) is 5.02 Å². The van der Waals surface area contributed by atoms with Gasteiger partial charge >= 0.3 is 0 Å². The number of nitrogens with zero attached hydrogens (tertiary/aromatic N) is 1. The van der Waals surface area contributed by atoms with E-state index >= 15 is 0 Å². The lowest BCUT2D eigenvalue weighted by Gasteiger charge is -2.37. The molecule has 2 amide bonds. The molecule has 1 fully saturated rings. The van der Waals surface area contributed by atoms with Gasteiger partial charge in [-0.1, -0.05) is 24.9 Å². The van der Waals surface area contributed by atoms with Crippen molar-refractivity contribution in [3.8, 4) is 0 Å². The Morgan fingerprint density at radius 2 is 2.10 bits per heavy atom. The largest absolute Gasteiger partial charge is 0.342 e. The van der Waals surface area contributed by atoms with Crippen molar-refractivity contribution in [1.29, 1.82) is 0 Å². The predicted molar refractivity (Wildman–Crippen MR) is 82.9 cm³/mol. The summed E-state index contributed by atoms with van der Waals surface area (Å²) in [5.41, 5.74) is 0.669. The second kappa shape index (κ2) is 6.14. The minimum Gasteiger partial charge on any atom is -0.342 e. The Morgan fingerprint density at radius 3 is 2.70 bits per heavy atom. The van der Waals surface area contributed by atoms with Crippen LogP contribution in [-0.2, 0) is 9.59 Å². The third-order valence-electron chi connectivity index (χ3n) is 3.37. The number of anilines is 1. The van der Waals surface area contributed by atoms with Gasteiger partial charge in [0.05, 0.1) is 5.69 Å². The Balaban J connectivity index is 2.40. The van der Waals surface area contributed by atoms with Gasteiger partial charge in [-0.15, -0.1) is 0 Å². The molecule has 108 valence electrons. The normalized spacial score (nSPS) is 22.9. The number of carbonyl (C=O) groups excluding carboxylic acids is 2. The van der Waals surface area contributed by atoms with E-state index in [9.17, 15) is 9.59 Å². The zero-order valence-corrected chi connectivity index (χ0v) is 13.7. The Bertz CT molecular complexity index is 550. The standard InChI is InChI=1S/C14H16BrClN2O2/c1-3-4-11-14(20)18(8(2)13(19)17-11)12-6-5-9(16)7-10(12)15/h5-8,11H,3-4H2,1-2H3,(H,17,19). The minimum atomic E-state index is -0.534. The number of piperazine rings is 1. The highest BCUT2D eigenvalue weighted by atomic mass is 79.9. The zero-order valence-electron chi connectivity index (χ0n) is 11.3. The van der Waals surface area contributed by atoms with Crippen molar-refractivity contribution in [3.63, 3.8) is 0 Å². The molecule has 0 bridgehead atoms. The number of carbonyl (C=O) groups is 2. The Morgan fingerprint density at radius 1 is 1.40 bits per heavy atom. The van der Waals surface area contributed by atoms with Gasteiger partial charge in [0.1, 0.15) is 12.1 Å². The molecule has 20 heavy (non-hydrogen) atoms. The number of hydrogen-bond acceptors (Lipinski definition) is 2. The molecule has 6 heteroatoms. The number of halogens is 2. The summed E-state index contributed by atoms with van der Waals surface area (Å²) in [6, 6.07) is 4.20. The molecule has 1 aliphatic heterocycles. The van der Waals surface area contributed by atoms with E-state index in [1.54, 1.807) is 30.0 Å². The van der Waals surface area contributed by atoms with Crippen molar-refractivity contribution in [2.45, 2.75) is 38.8 Å². The third kappa shape index (κ3) is 2.83. The maximum absolute atomic E-state index is 12.6. The maximum atomic E-state index is 12.6. The van der Waals surface area contributed by atoms with Crippen LogP contribution in [0.1, 0.15) is 26.7 Å². The number of rotatable bonds is 3. The van der Waals surface area contributed by atoms with E-state index in [4.69, 9.17) is 11.6 Å². The van der Waals surface area contributed by atoms with Crippen molar-refractivity contribution >= 4 is 45.0 Å². The molecule has 1 aromatic rings. The van der Waals surface area contributed by atoms with Crippen LogP contribution in [0.5, 0.6) is 0 Å². The average molecular weight is 360 g/mol. The molecule has 0 spiro atoms. The molecule has 0 radical (unpaired) electrons. The average Bonchev–Trinajstić information content (AvgIpc) is 2.39. The van der Waals surface area contributed by atoms with Gasteiger partial charge in [-0.3, -0.25) is 14.5 Å². The van der Waals surface area contributed by atoms with Crippen LogP contribution >= 0.6 is 27.5 Å². The van der Waals surface area contributed by atoms with Crippen LogP contribution in [-0.4, -0.2) is 23.9 Å². The van der Waals surface area contributed by atoms with Gasteiger partial charge in [0.15, 0.2) is 0 Å². The van der Waals surface area contributed by atoms with Gasteiger partial charge < -0.3 is 5.32 Å². The molecule has 1 saturated heterocycles. The van der Waals surface area contributed by atoms with E-state index in [1.807, 2.05) is 6.92 Å². The Kier molecular flexibility index (Phi) is 4.70. The summed E-state index contributed by atoms with van der Waals surface area (Å²) >= 11 is 9.33. The molecule has 0 aromatic heterocycles. The lowest BCUT2D eigenvalue weighted by atomic mass is 10.0. The van der Waals surface area contributed by atoms with E-state index < -0.39 is 12.1 Å². The second-order valence-corrected chi connectivity index (χ2v) is 6.12. The molecule has 2 atom stereocenters. The van der Waals surface area contributed by atoms with Crippen molar-refractivity contribution in [3.05, 3.63) is 27.7 Å². The van der Waals surface area contributed by atoms with Crippen LogP contribution < -0.4 is 10.2 Å². The molecule has 4 nitrogen and oxygen atoms in total. The fourth-order valence-electron chi connectivity index (χ4n) is 2.32. The number of benzene rings is 1. The van der Waals surface area contributed by atoms with Crippen LogP contribution in [0.15, 0.2) is 22.7 Å². The molecule has 1 heterocycles. The van der Waals surface area contributed by atoms with Crippen molar-refractivity contribution in [2.75, 3.05) is 4.90 Å².